The zero-order chi connectivity index (χ0) is 18.9. The van der Waals surface area contributed by atoms with Gasteiger partial charge in [0, 0.05) is 5.69 Å². The average Bonchev–Trinajstić information content (AvgIpc) is 2.93. The first-order valence-corrected chi connectivity index (χ1v) is 8.67. The van der Waals surface area contributed by atoms with Crippen molar-refractivity contribution in [2.75, 3.05) is 13.7 Å². The molecule has 1 amide bonds. The molecular formula is C19H26N4O3. The maximum absolute atomic E-state index is 12.0. The van der Waals surface area contributed by atoms with Gasteiger partial charge in [0.2, 0.25) is 0 Å². The van der Waals surface area contributed by atoms with Gasteiger partial charge in [0.05, 0.1) is 25.6 Å². The molecule has 0 bridgehead atoms. The molecule has 0 aliphatic heterocycles. The number of rotatable bonds is 9. The van der Waals surface area contributed by atoms with Crippen LogP contribution in [0, 0.1) is 13.8 Å². The minimum atomic E-state index is -0.237. The predicted octanol–water partition coefficient (Wildman–Crippen LogP) is 2.84. The fourth-order valence-corrected chi connectivity index (χ4v) is 2.40. The number of benzene rings is 1. The van der Waals surface area contributed by atoms with Crippen molar-refractivity contribution in [2.24, 2.45) is 5.10 Å². The summed E-state index contributed by atoms with van der Waals surface area (Å²) in [4.78, 5) is 12.0. The van der Waals surface area contributed by atoms with Crippen LogP contribution in [0.25, 0.3) is 0 Å². The summed E-state index contributed by atoms with van der Waals surface area (Å²) < 4.78 is 12.7. The van der Waals surface area contributed by atoms with Gasteiger partial charge >= 0.3 is 0 Å². The van der Waals surface area contributed by atoms with Gasteiger partial charge in [-0.15, -0.1) is 0 Å². The largest absolute Gasteiger partial charge is 0.493 e. The summed E-state index contributed by atoms with van der Waals surface area (Å²) in [5.41, 5.74) is 5.13. The molecule has 0 aliphatic carbocycles. The lowest BCUT2D eigenvalue weighted by molar-refractivity contribution is -0.121. The number of nitrogens with one attached hydrogen (secondary N) is 1. The highest BCUT2D eigenvalue weighted by Crippen LogP contribution is 2.27. The molecule has 2 aromatic rings. The van der Waals surface area contributed by atoms with Crippen molar-refractivity contribution in [3.8, 4) is 11.5 Å². The van der Waals surface area contributed by atoms with E-state index in [0.717, 1.165) is 29.8 Å². The van der Waals surface area contributed by atoms with Crippen molar-refractivity contribution in [3.63, 3.8) is 0 Å². The van der Waals surface area contributed by atoms with Crippen LogP contribution in [0.3, 0.4) is 0 Å². The van der Waals surface area contributed by atoms with Gasteiger partial charge in [0.1, 0.15) is 6.54 Å². The number of aryl methyl sites for hydroxylation is 2. The number of hydrogen-bond donors (Lipinski definition) is 1. The molecule has 0 saturated carbocycles. The monoisotopic (exact) mass is 358 g/mol. The van der Waals surface area contributed by atoms with E-state index >= 15 is 0 Å². The number of hydrogen-bond acceptors (Lipinski definition) is 5. The molecule has 2 rings (SSSR count). The lowest BCUT2D eigenvalue weighted by Crippen LogP contribution is -2.24. The van der Waals surface area contributed by atoms with E-state index in [1.807, 2.05) is 38.1 Å². The summed E-state index contributed by atoms with van der Waals surface area (Å²) in [5.74, 6) is 1.10. The Morgan fingerprint density at radius 3 is 2.77 bits per heavy atom. The number of nitrogens with zero attached hydrogens (tertiary/aromatic N) is 3. The number of carbonyl (C=O) groups is 1. The van der Waals surface area contributed by atoms with Gasteiger partial charge in [0.25, 0.3) is 5.91 Å². The molecule has 0 atom stereocenters. The molecule has 0 spiro atoms. The van der Waals surface area contributed by atoms with Gasteiger partial charge in [-0.1, -0.05) is 13.3 Å². The number of aromatic nitrogens is 2. The predicted molar refractivity (Wildman–Crippen MR) is 101 cm³/mol. The van der Waals surface area contributed by atoms with Crippen LogP contribution in [0.4, 0.5) is 0 Å². The number of unbranched alkanes of at least 4 members (excludes halogenated alkanes) is 1. The molecule has 1 N–H and O–H groups in total. The Morgan fingerprint density at radius 2 is 2.12 bits per heavy atom. The summed E-state index contributed by atoms with van der Waals surface area (Å²) in [6.07, 6.45) is 3.63. The van der Waals surface area contributed by atoms with E-state index in [-0.39, 0.29) is 12.5 Å². The number of amides is 1. The van der Waals surface area contributed by atoms with Gasteiger partial charge in [-0.25, -0.2) is 5.43 Å². The number of methoxy groups -OCH3 is 1. The molecule has 0 saturated heterocycles. The number of hydrazone groups is 1. The van der Waals surface area contributed by atoms with Crippen molar-refractivity contribution >= 4 is 12.1 Å². The van der Waals surface area contributed by atoms with E-state index in [1.54, 1.807) is 18.0 Å². The lowest BCUT2D eigenvalue weighted by Gasteiger charge is -2.10. The zero-order valence-corrected chi connectivity index (χ0v) is 15.8. The Hall–Kier alpha value is -2.83. The van der Waals surface area contributed by atoms with Crippen LogP contribution < -0.4 is 14.9 Å². The first-order chi connectivity index (χ1) is 12.5. The summed E-state index contributed by atoms with van der Waals surface area (Å²) in [7, 11) is 1.60. The lowest BCUT2D eigenvalue weighted by atomic mass is 10.2. The summed E-state index contributed by atoms with van der Waals surface area (Å²) >= 11 is 0. The van der Waals surface area contributed by atoms with E-state index < -0.39 is 0 Å². The third-order valence-electron chi connectivity index (χ3n) is 3.74. The molecule has 0 radical (unpaired) electrons. The fourth-order valence-electron chi connectivity index (χ4n) is 2.40. The summed E-state index contributed by atoms with van der Waals surface area (Å²) in [6, 6.07) is 7.44. The van der Waals surface area contributed by atoms with E-state index in [9.17, 15) is 4.79 Å². The van der Waals surface area contributed by atoms with Crippen molar-refractivity contribution in [2.45, 2.75) is 40.2 Å². The Morgan fingerprint density at radius 1 is 1.31 bits per heavy atom. The molecule has 0 fully saturated rings. The van der Waals surface area contributed by atoms with E-state index in [0.29, 0.717) is 18.1 Å². The van der Waals surface area contributed by atoms with E-state index in [4.69, 9.17) is 9.47 Å². The van der Waals surface area contributed by atoms with Crippen molar-refractivity contribution in [1.82, 2.24) is 15.2 Å². The van der Waals surface area contributed by atoms with Crippen molar-refractivity contribution in [1.29, 1.82) is 0 Å². The Labute approximate surface area is 154 Å². The quantitative estimate of drug-likeness (QED) is 0.425. The van der Waals surface area contributed by atoms with Gasteiger partial charge in [-0.2, -0.15) is 10.2 Å². The van der Waals surface area contributed by atoms with E-state index in [1.165, 1.54) is 0 Å². The SMILES string of the molecule is CCCCOc1ccc(/C=N/NC(=O)Cn2nc(C)cc2C)cc1OC. The number of carbonyl (C=O) groups excluding carboxylic acids is 1. The number of ether oxygens (including phenoxy) is 2. The first-order valence-electron chi connectivity index (χ1n) is 8.67. The van der Waals surface area contributed by atoms with Crippen LogP contribution >= 0.6 is 0 Å². The normalized spacial score (nSPS) is 10.9. The highest BCUT2D eigenvalue weighted by atomic mass is 16.5. The third-order valence-corrected chi connectivity index (χ3v) is 3.74. The molecule has 7 nitrogen and oxygen atoms in total. The maximum atomic E-state index is 12.0. The molecular weight excluding hydrogens is 332 g/mol. The van der Waals surface area contributed by atoms with Crippen LogP contribution in [0.1, 0.15) is 36.7 Å². The minimum Gasteiger partial charge on any atom is -0.493 e. The summed E-state index contributed by atoms with van der Waals surface area (Å²) in [6.45, 7) is 6.70. The third kappa shape index (κ3) is 5.61. The van der Waals surface area contributed by atoms with Crippen LogP contribution in [0.5, 0.6) is 11.5 Å². The Balaban J connectivity index is 1.92. The molecule has 7 heteroatoms. The van der Waals surface area contributed by atoms with Crippen LogP contribution in [0.2, 0.25) is 0 Å². The molecule has 0 unspecified atom stereocenters. The van der Waals surface area contributed by atoms with E-state index in [2.05, 4.69) is 22.5 Å². The van der Waals surface area contributed by atoms with Gasteiger partial charge < -0.3 is 9.47 Å². The van der Waals surface area contributed by atoms with Gasteiger partial charge in [-0.05, 0) is 50.1 Å². The molecule has 1 heterocycles. The van der Waals surface area contributed by atoms with Gasteiger partial charge in [0.15, 0.2) is 11.5 Å². The molecule has 26 heavy (non-hydrogen) atoms. The smallest absolute Gasteiger partial charge is 0.261 e. The fraction of sp³-hybridized carbons (Fsp3) is 0.421. The Bertz CT molecular complexity index is 768. The highest BCUT2D eigenvalue weighted by molar-refractivity contribution is 5.83. The minimum absolute atomic E-state index is 0.130. The first kappa shape index (κ1) is 19.5. The standard InChI is InChI=1S/C19H26N4O3/c1-5-6-9-26-17-8-7-16(11-18(17)25-4)12-20-21-19(24)13-23-15(3)10-14(2)22-23/h7-8,10-12H,5-6,9,13H2,1-4H3,(H,21,24)/b20-12+. The molecule has 1 aromatic carbocycles. The van der Waals surface area contributed by atoms with Crippen LogP contribution in [-0.4, -0.2) is 35.6 Å². The van der Waals surface area contributed by atoms with Crippen molar-refractivity contribution in [3.05, 3.63) is 41.2 Å². The average molecular weight is 358 g/mol. The molecule has 140 valence electrons. The van der Waals surface area contributed by atoms with Crippen LogP contribution in [0.15, 0.2) is 29.4 Å². The van der Waals surface area contributed by atoms with Crippen molar-refractivity contribution < 1.29 is 14.3 Å². The molecule has 1 aromatic heterocycles. The van der Waals surface area contributed by atoms with Gasteiger partial charge in [-0.3, -0.25) is 9.48 Å². The highest BCUT2D eigenvalue weighted by Gasteiger charge is 2.07. The topological polar surface area (TPSA) is 77.7 Å². The second-order valence-corrected chi connectivity index (χ2v) is 5.99. The van der Waals surface area contributed by atoms with Crippen LogP contribution in [-0.2, 0) is 11.3 Å². The zero-order valence-electron chi connectivity index (χ0n) is 15.8. The second kappa shape index (κ2) is 9.60. The second-order valence-electron chi connectivity index (χ2n) is 5.99. The Kier molecular flexibility index (Phi) is 7.20. The summed E-state index contributed by atoms with van der Waals surface area (Å²) in [5, 5.41) is 8.25. The molecule has 0 aliphatic rings. The maximum Gasteiger partial charge on any atom is 0.261 e.